The maximum atomic E-state index is 13.4. The Morgan fingerprint density at radius 1 is 0.941 bits per heavy atom. The molecular formula is C28H30N2O4. The molecule has 0 spiro atoms. The van der Waals surface area contributed by atoms with Crippen LogP contribution < -0.4 is 10.1 Å². The monoisotopic (exact) mass is 458 g/mol. The SMILES string of the molecule is CC(C)c1ccc(OCc2ccccc2)c(C(=O)Nc2ccccc2C(=O)N2CCOCC2)c1. The first-order chi connectivity index (χ1) is 16.5. The van der Waals surface area contributed by atoms with E-state index in [2.05, 4.69) is 19.2 Å². The molecule has 0 aromatic heterocycles. The second kappa shape index (κ2) is 11.0. The van der Waals surface area contributed by atoms with E-state index in [4.69, 9.17) is 9.47 Å². The van der Waals surface area contributed by atoms with Gasteiger partial charge in [0.1, 0.15) is 12.4 Å². The number of amides is 2. The van der Waals surface area contributed by atoms with Gasteiger partial charge in [0.2, 0.25) is 0 Å². The number of hydrogen-bond donors (Lipinski definition) is 1. The van der Waals surface area contributed by atoms with Crippen LogP contribution in [0.5, 0.6) is 5.75 Å². The lowest BCUT2D eigenvalue weighted by atomic mass is 9.99. The van der Waals surface area contributed by atoms with Crippen molar-refractivity contribution in [3.8, 4) is 5.75 Å². The molecule has 3 aromatic rings. The molecular weight excluding hydrogens is 428 g/mol. The minimum Gasteiger partial charge on any atom is -0.488 e. The van der Waals surface area contributed by atoms with E-state index in [0.717, 1.165) is 11.1 Å². The Balaban J connectivity index is 1.58. The van der Waals surface area contributed by atoms with Gasteiger partial charge >= 0.3 is 0 Å². The predicted octanol–water partition coefficient (Wildman–Crippen LogP) is 5.11. The molecule has 1 fully saturated rings. The number of carbonyl (C=O) groups excluding carboxylic acids is 2. The van der Waals surface area contributed by atoms with E-state index in [1.54, 1.807) is 23.1 Å². The maximum Gasteiger partial charge on any atom is 0.259 e. The number of rotatable bonds is 7. The molecule has 1 aliphatic heterocycles. The molecule has 2 amide bonds. The average Bonchev–Trinajstić information content (AvgIpc) is 2.88. The van der Waals surface area contributed by atoms with E-state index < -0.39 is 0 Å². The average molecular weight is 459 g/mol. The molecule has 4 rings (SSSR count). The van der Waals surface area contributed by atoms with E-state index in [9.17, 15) is 9.59 Å². The summed E-state index contributed by atoms with van der Waals surface area (Å²) in [5.74, 6) is 0.330. The van der Waals surface area contributed by atoms with Crippen LogP contribution in [0.15, 0.2) is 72.8 Å². The Morgan fingerprint density at radius 2 is 1.65 bits per heavy atom. The summed E-state index contributed by atoms with van der Waals surface area (Å²) >= 11 is 0. The van der Waals surface area contributed by atoms with Crippen molar-refractivity contribution in [3.05, 3.63) is 95.1 Å². The molecule has 1 N–H and O–H groups in total. The molecule has 6 heteroatoms. The van der Waals surface area contributed by atoms with Gasteiger partial charge in [0.05, 0.1) is 30.0 Å². The van der Waals surface area contributed by atoms with Gasteiger partial charge in [-0.1, -0.05) is 62.4 Å². The molecule has 6 nitrogen and oxygen atoms in total. The summed E-state index contributed by atoms with van der Waals surface area (Å²) in [4.78, 5) is 28.3. The van der Waals surface area contributed by atoms with Crippen molar-refractivity contribution >= 4 is 17.5 Å². The van der Waals surface area contributed by atoms with Crippen LogP contribution in [0.2, 0.25) is 0 Å². The zero-order chi connectivity index (χ0) is 23.9. The summed E-state index contributed by atoms with van der Waals surface area (Å²) in [6, 6.07) is 22.6. The van der Waals surface area contributed by atoms with Crippen LogP contribution in [0.4, 0.5) is 5.69 Å². The van der Waals surface area contributed by atoms with Gasteiger partial charge in [-0.15, -0.1) is 0 Å². The fourth-order valence-corrected chi connectivity index (χ4v) is 3.85. The molecule has 1 aliphatic rings. The van der Waals surface area contributed by atoms with Gasteiger partial charge in [-0.25, -0.2) is 0 Å². The van der Waals surface area contributed by atoms with Gasteiger partial charge < -0.3 is 19.7 Å². The van der Waals surface area contributed by atoms with Crippen molar-refractivity contribution in [3.63, 3.8) is 0 Å². The number of anilines is 1. The Kier molecular flexibility index (Phi) is 7.60. The van der Waals surface area contributed by atoms with Gasteiger partial charge in [-0.2, -0.15) is 0 Å². The zero-order valence-corrected chi connectivity index (χ0v) is 19.6. The second-order valence-corrected chi connectivity index (χ2v) is 8.59. The van der Waals surface area contributed by atoms with Crippen molar-refractivity contribution in [2.45, 2.75) is 26.4 Å². The first-order valence-electron chi connectivity index (χ1n) is 11.6. The number of benzene rings is 3. The highest BCUT2D eigenvalue weighted by atomic mass is 16.5. The summed E-state index contributed by atoms with van der Waals surface area (Å²) in [5, 5.41) is 2.95. The van der Waals surface area contributed by atoms with Crippen LogP contribution >= 0.6 is 0 Å². The smallest absolute Gasteiger partial charge is 0.259 e. The fourth-order valence-electron chi connectivity index (χ4n) is 3.85. The standard InChI is InChI=1S/C28H30N2O4/c1-20(2)22-12-13-26(34-19-21-8-4-3-5-9-21)24(18-22)27(31)29-25-11-7-6-10-23(25)28(32)30-14-16-33-17-15-30/h3-13,18,20H,14-17,19H2,1-2H3,(H,29,31). The van der Waals surface area contributed by atoms with Gasteiger partial charge in [0, 0.05) is 13.1 Å². The highest BCUT2D eigenvalue weighted by Gasteiger charge is 2.23. The van der Waals surface area contributed by atoms with Gasteiger partial charge in [-0.3, -0.25) is 9.59 Å². The number of ether oxygens (including phenoxy) is 2. The quantitative estimate of drug-likeness (QED) is 0.534. The van der Waals surface area contributed by atoms with E-state index in [1.807, 2.05) is 54.6 Å². The molecule has 0 atom stereocenters. The van der Waals surface area contributed by atoms with Crippen LogP contribution in [0.25, 0.3) is 0 Å². The van der Waals surface area contributed by atoms with Crippen molar-refractivity contribution in [2.24, 2.45) is 0 Å². The second-order valence-electron chi connectivity index (χ2n) is 8.59. The Labute approximate surface area is 200 Å². The Morgan fingerprint density at radius 3 is 2.38 bits per heavy atom. The van der Waals surface area contributed by atoms with Crippen molar-refractivity contribution in [1.29, 1.82) is 0 Å². The first-order valence-corrected chi connectivity index (χ1v) is 11.6. The molecule has 34 heavy (non-hydrogen) atoms. The molecule has 1 saturated heterocycles. The fraction of sp³-hybridized carbons (Fsp3) is 0.286. The third-order valence-corrected chi connectivity index (χ3v) is 5.86. The maximum absolute atomic E-state index is 13.4. The van der Waals surface area contributed by atoms with Crippen molar-refractivity contribution in [1.82, 2.24) is 4.90 Å². The first kappa shape index (κ1) is 23.5. The van der Waals surface area contributed by atoms with E-state index >= 15 is 0 Å². The summed E-state index contributed by atoms with van der Waals surface area (Å²) in [7, 11) is 0. The van der Waals surface area contributed by atoms with Crippen LogP contribution in [0.3, 0.4) is 0 Å². The van der Waals surface area contributed by atoms with E-state index in [0.29, 0.717) is 55.5 Å². The molecule has 0 radical (unpaired) electrons. The summed E-state index contributed by atoms with van der Waals surface area (Å²) in [6.45, 7) is 6.63. The number of nitrogens with zero attached hydrogens (tertiary/aromatic N) is 1. The van der Waals surface area contributed by atoms with Gasteiger partial charge in [0.15, 0.2) is 0 Å². The molecule has 1 heterocycles. The lowest BCUT2D eigenvalue weighted by molar-refractivity contribution is 0.0303. The zero-order valence-electron chi connectivity index (χ0n) is 19.6. The van der Waals surface area contributed by atoms with Crippen LogP contribution in [-0.2, 0) is 11.3 Å². The lowest BCUT2D eigenvalue weighted by Gasteiger charge is -2.27. The minimum absolute atomic E-state index is 0.115. The predicted molar refractivity (Wildman–Crippen MR) is 132 cm³/mol. The number of morpholine rings is 1. The van der Waals surface area contributed by atoms with Gasteiger partial charge in [-0.05, 0) is 41.3 Å². The molecule has 0 aliphatic carbocycles. The van der Waals surface area contributed by atoms with E-state index in [1.165, 1.54) is 0 Å². The van der Waals surface area contributed by atoms with Crippen LogP contribution in [-0.4, -0.2) is 43.0 Å². The van der Waals surface area contributed by atoms with Gasteiger partial charge in [0.25, 0.3) is 11.8 Å². The number of carbonyl (C=O) groups is 2. The highest BCUT2D eigenvalue weighted by Crippen LogP contribution is 2.27. The Bertz CT molecular complexity index is 1140. The number of nitrogens with one attached hydrogen (secondary N) is 1. The highest BCUT2D eigenvalue weighted by molar-refractivity contribution is 6.10. The van der Waals surface area contributed by atoms with Crippen LogP contribution in [0, 0.1) is 0 Å². The number of hydrogen-bond acceptors (Lipinski definition) is 4. The topological polar surface area (TPSA) is 67.9 Å². The summed E-state index contributed by atoms with van der Waals surface area (Å²) in [5.41, 5.74) is 3.44. The summed E-state index contributed by atoms with van der Waals surface area (Å²) in [6.07, 6.45) is 0. The molecule has 0 bridgehead atoms. The third kappa shape index (κ3) is 5.64. The molecule has 0 unspecified atom stereocenters. The normalized spacial score (nSPS) is 13.6. The molecule has 0 saturated carbocycles. The lowest BCUT2D eigenvalue weighted by Crippen LogP contribution is -2.41. The molecule has 3 aromatic carbocycles. The van der Waals surface area contributed by atoms with Crippen molar-refractivity contribution < 1.29 is 19.1 Å². The molecule has 176 valence electrons. The Hall–Kier alpha value is -3.64. The summed E-state index contributed by atoms with van der Waals surface area (Å²) < 4.78 is 11.4. The van der Waals surface area contributed by atoms with Crippen LogP contribution in [0.1, 0.15) is 51.6 Å². The minimum atomic E-state index is -0.312. The van der Waals surface area contributed by atoms with E-state index in [-0.39, 0.29) is 17.7 Å². The largest absolute Gasteiger partial charge is 0.488 e. The third-order valence-electron chi connectivity index (χ3n) is 5.86. The van der Waals surface area contributed by atoms with Crippen molar-refractivity contribution in [2.75, 3.05) is 31.6 Å². The number of para-hydroxylation sites is 1.